The SMILES string of the molecule is COc1ccc2ncc(Cl)c(C(CO)CN3CCC(NCc4ccc5c(n4)N=CCS5)CC3)c2n1. The van der Waals surface area contributed by atoms with Gasteiger partial charge in [-0.3, -0.25) is 4.98 Å². The number of piperidine rings is 1. The van der Waals surface area contributed by atoms with Crippen LogP contribution in [0.25, 0.3) is 11.0 Å². The van der Waals surface area contributed by atoms with E-state index in [9.17, 15) is 5.11 Å². The van der Waals surface area contributed by atoms with E-state index in [1.54, 1.807) is 31.1 Å². The van der Waals surface area contributed by atoms with E-state index in [-0.39, 0.29) is 12.5 Å². The van der Waals surface area contributed by atoms with Crippen molar-refractivity contribution in [3.05, 3.63) is 46.7 Å². The summed E-state index contributed by atoms with van der Waals surface area (Å²) in [5.74, 6) is 2.09. The lowest BCUT2D eigenvalue weighted by atomic mass is 9.96. The standard InChI is InChI=1S/C25H29ClN6O2S/c1-34-22-5-3-20-24(31-22)23(19(26)13-29-20)16(15-33)14-32-9-6-17(7-10-32)28-12-18-2-4-21-25(30-18)27-8-11-35-21/h2-5,8,13,16-17,28,33H,6-7,9-12,14-15H2,1H3. The lowest BCUT2D eigenvalue weighted by Crippen LogP contribution is -2.44. The van der Waals surface area contributed by atoms with Crippen LogP contribution in [0.2, 0.25) is 5.02 Å². The largest absolute Gasteiger partial charge is 0.481 e. The number of nitrogens with one attached hydrogen (secondary N) is 1. The summed E-state index contributed by atoms with van der Waals surface area (Å²) in [7, 11) is 1.59. The van der Waals surface area contributed by atoms with Gasteiger partial charge in [0, 0.05) is 54.8 Å². The second-order valence-corrected chi connectivity index (χ2v) is 10.3. The molecule has 0 aliphatic carbocycles. The van der Waals surface area contributed by atoms with Gasteiger partial charge in [0.1, 0.15) is 0 Å². The summed E-state index contributed by atoms with van der Waals surface area (Å²) in [5.41, 5.74) is 3.28. The van der Waals surface area contributed by atoms with Crippen LogP contribution in [0.15, 0.2) is 40.4 Å². The Kier molecular flexibility index (Phi) is 7.79. The molecule has 2 aliphatic heterocycles. The summed E-state index contributed by atoms with van der Waals surface area (Å²) >= 11 is 8.33. The van der Waals surface area contributed by atoms with E-state index in [0.29, 0.717) is 29.0 Å². The van der Waals surface area contributed by atoms with Crippen molar-refractivity contribution in [1.29, 1.82) is 0 Å². The number of aliphatic hydroxyl groups excluding tert-OH is 1. The highest BCUT2D eigenvalue weighted by molar-refractivity contribution is 8.00. The van der Waals surface area contributed by atoms with E-state index in [1.807, 2.05) is 12.3 Å². The Hall–Kier alpha value is -2.30. The number of ether oxygens (including phenoxy) is 1. The van der Waals surface area contributed by atoms with Crippen molar-refractivity contribution in [2.75, 3.05) is 39.1 Å². The first-order valence-corrected chi connectivity index (χ1v) is 13.2. The number of rotatable bonds is 8. The maximum absolute atomic E-state index is 10.3. The van der Waals surface area contributed by atoms with Crippen LogP contribution in [0.4, 0.5) is 5.82 Å². The first kappa shape index (κ1) is 24.4. The summed E-state index contributed by atoms with van der Waals surface area (Å²) in [4.78, 5) is 21.6. The van der Waals surface area contributed by atoms with E-state index in [2.05, 4.69) is 37.3 Å². The zero-order valence-electron chi connectivity index (χ0n) is 19.7. The van der Waals surface area contributed by atoms with Crippen LogP contribution in [0.5, 0.6) is 5.88 Å². The van der Waals surface area contributed by atoms with Crippen LogP contribution in [-0.4, -0.2) is 76.3 Å². The number of aliphatic imine (C=N–C) groups is 1. The quantitative estimate of drug-likeness (QED) is 0.470. The summed E-state index contributed by atoms with van der Waals surface area (Å²) in [6, 6.07) is 8.30. The normalized spacial score (nSPS) is 17.5. The molecule has 0 spiro atoms. The molecule has 5 heterocycles. The van der Waals surface area contributed by atoms with Crippen molar-refractivity contribution in [1.82, 2.24) is 25.2 Å². The van der Waals surface area contributed by atoms with E-state index < -0.39 is 0 Å². The average molecular weight is 513 g/mol. The van der Waals surface area contributed by atoms with Gasteiger partial charge in [-0.2, -0.15) is 0 Å². The van der Waals surface area contributed by atoms with Gasteiger partial charge in [-0.05, 0) is 44.1 Å². The molecule has 35 heavy (non-hydrogen) atoms. The third-order valence-electron chi connectivity index (χ3n) is 6.58. The zero-order chi connectivity index (χ0) is 24.2. The molecule has 184 valence electrons. The van der Waals surface area contributed by atoms with Crippen molar-refractivity contribution in [3.63, 3.8) is 0 Å². The van der Waals surface area contributed by atoms with Crippen molar-refractivity contribution >= 4 is 46.4 Å². The van der Waals surface area contributed by atoms with Gasteiger partial charge in [-0.1, -0.05) is 11.6 Å². The van der Waals surface area contributed by atoms with E-state index in [1.165, 1.54) is 0 Å². The predicted molar refractivity (Wildman–Crippen MR) is 140 cm³/mol. The maximum Gasteiger partial charge on any atom is 0.213 e. The molecule has 3 aromatic rings. The van der Waals surface area contributed by atoms with E-state index in [0.717, 1.165) is 65.7 Å². The molecule has 0 radical (unpaired) electrons. The monoisotopic (exact) mass is 512 g/mol. The van der Waals surface area contributed by atoms with Crippen molar-refractivity contribution < 1.29 is 9.84 Å². The first-order valence-electron chi connectivity index (χ1n) is 11.9. The molecule has 0 bridgehead atoms. The first-order chi connectivity index (χ1) is 17.1. The minimum Gasteiger partial charge on any atom is -0.481 e. The van der Waals surface area contributed by atoms with Crippen molar-refractivity contribution in [2.45, 2.75) is 36.2 Å². The minimum atomic E-state index is -0.157. The van der Waals surface area contributed by atoms with Crippen molar-refractivity contribution in [2.24, 2.45) is 4.99 Å². The molecule has 1 saturated heterocycles. The van der Waals surface area contributed by atoms with Gasteiger partial charge in [0.2, 0.25) is 5.88 Å². The predicted octanol–water partition coefficient (Wildman–Crippen LogP) is 3.82. The Bertz CT molecular complexity index is 1220. The van der Waals surface area contributed by atoms with Crippen LogP contribution in [0.3, 0.4) is 0 Å². The van der Waals surface area contributed by atoms with Crippen molar-refractivity contribution in [3.8, 4) is 5.88 Å². The summed E-state index contributed by atoms with van der Waals surface area (Å²) in [6.07, 6.45) is 5.63. The van der Waals surface area contributed by atoms with Gasteiger partial charge < -0.3 is 20.1 Å². The lowest BCUT2D eigenvalue weighted by Gasteiger charge is -2.34. The van der Waals surface area contributed by atoms with Crippen LogP contribution in [-0.2, 0) is 6.54 Å². The number of methoxy groups -OCH3 is 1. The third-order valence-corrected chi connectivity index (χ3v) is 7.82. The molecular weight excluding hydrogens is 484 g/mol. The second-order valence-electron chi connectivity index (χ2n) is 8.82. The van der Waals surface area contributed by atoms with Gasteiger partial charge >= 0.3 is 0 Å². The Labute approximate surface area is 214 Å². The van der Waals surface area contributed by atoms with E-state index >= 15 is 0 Å². The number of nitrogens with zero attached hydrogens (tertiary/aromatic N) is 5. The average Bonchev–Trinajstić information content (AvgIpc) is 2.91. The van der Waals surface area contributed by atoms with Gasteiger partial charge in [0.25, 0.3) is 0 Å². The Morgan fingerprint density at radius 2 is 2.09 bits per heavy atom. The molecule has 1 fully saturated rings. The number of hydrogen-bond donors (Lipinski definition) is 2. The Morgan fingerprint density at radius 1 is 1.23 bits per heavy atom. The number of aromatic nitrogens is 3. The van der Waals surface area contributed by atoms with Gasteiger partial charge in [0.05, 0.1) is 40.4 Å². The molecule has 10 heteroatoms. The molecule has 1 atom stereocenters. The number of thioether (sulfide) groups is 1. The Balaban J connectivity index is 1.19. The molecular formula is C25H29ClN6O2S. The molecule has 3 aromatic heterocycles. The summed E-state index contributed by atoms with van der Waals surface area (Å²) in [5, 5.41) is 14.5. The van der Waals surface area contributed by atoms with Gasteiger partial charge in [-0.15, -0.1) is 11.8 Å². The van der Waals surface area contributed by atoms with E-state index in [4.69, 9.17) is 21.3 Å². The highest BCUT2D eigenvalue weighted by Crippen LogP contribution is 2.33. The minimum absolute atomic E-state index is 0.0132. The number of pyridine rings is 3. The maximum atomic E-state index is 10.3. The van der Waals surface area contributed by atoms with Gasteiger partial charge in [-0.25, -0.2) is 15.0 Å². The highest BCUT2D eigenvalue weighted by atomic mass is 35.5. The molecule has 0 saturated carbocycles. The second kappa shape index (κ2) is 11.2. The number of fused-ring (bicyclic) bond motifs is 2. The number of hydrogen-bond acceptors (Lipinski definition) is 9. The molecule has 2 N–H and O–H groups in total. The lowest BCUT2D eigenvalue weighted by molar-refractivity contribution is 0.162. The summed E-state index contributed by atoms with van der Waals surface area (Å²) in [6.45, 7) is 3.33. The fourth-order valence-electron chi connectivity index (χ4n) is 4.70. The smallest absolute Gasteiger partial charge is 0.213 e. The van der Waals surface area contributed by atoms with Crippen LogP contribution < -0.4 is 10.1 Å². The number of aliphatic hydroxyl groups is 1. The van der Waals surface area contributed by atoms with Gasteiger partial charge in [0.15, 0.2) is 5.82 Å². The molecule has 0 amide bonds. The molecule has 1 unspecified atom stereocenters. The molecule has 2 aliphatic rings. The topological polar surface area (TPSA) is 95.8 Å². The van der Waals surface area contributed by atoms with Crippen LogP contribution >= 0.6 is 23.4 Å². The Morgan fingerprint density at radius 3 is 2.89 bits per heavy atom. The highest BCUT2D eigenvalue weighted by Gasteiger charge is 2.25. The fourth-order valence-corrected chi connectivity index (χ4v) is 5.71. The zero-order valence-corrected chi connectivity index (χ0v) is 21.2. The van der Waals surface area contributed by atoms with Crippen LogP contribution in [0.1, 0.15) is 30.0 Å². The molecule has 0 aromatic carbocycles. The van der Waals surface area contributed by atoms with Crippen LogP contribution in [0, 0.1) is 0 Å². The molecule has 5 rings (SSSR count). The summed E-state index contributed by atoms with van der Waals surface area (Å²) < 4.78 is 5.30. The third kappa shape index (κ3) is 5.59. The fraction of sp³-hybridized carbons (Fsp3) is 0.440. The molecule has 8 nitrogen and oxygen atoms in total. The number of halogens is 1. The number of likely N-dealkylation sites (tertiary alicyclic amines) is 1.